The first-order valence-electron chi connectivity index (χ1n) is 8.52. The number of nitrogens with zero attached hydrogens (tertiary/aromatic N) is 3. The number of aromatic nitrogens is 3. The van der Waals surface area contributed by atoms with E-state index in [9.17, 15) is 0 Å². The van der Waals surface area contributed by atoms with Crippen molar-refractivity contribution in [3.05, 3.63) is 41.3 Å². The Balaban J connectivity index is 2.01. The largest absolute Gasteiger partial charge is 0.496 e. The normalized spacial score (nSPS) is 11.1. The third kappa shape index (κ3) is 3.43. The molecule has 3 rings (SSSR count). The second-order valence-electron chi connectivity index (χ2n) is 6.24. The van der Waals surface area contributed by atoms with E-state index in [2.05, 4.69) is 19.9 Å². The Hall–Kier alpha value is -2.80. The summed E-state index contributed by atoms with van der Waals surface area (Å²) in [6.45, 7) is 5.96. The summed E-state index contributed by atoms with van der Waals surface area (Å²) in [6, 6.07) is 3.82. The quantitative estimate of drug-likeness (QED) is 0.634. The number of nitrogens with one attached hydrogen (secondary N) is 1. The first-order chi connectivity index (χ1) is 12.5. The molecule has 138 valence electrons. The average molecular weight is 355 g/mol. The topological polar surface area (TPSA) is 87.2 Å². The molecule has 0 aliphatic rings. The Morgan fingerprint density at radius 3 is 2.81 bits per heavy atom. The number of anilines is 2. The van der Waals surface area contributed by atoms with Crippen molar-refractivity contribution in [3.63, 3.8) is 0 Å². The Labute approximate surface area is 153 Å². The molecule has 0 saturated carbocycles. The fraction of sp³-hybridized carbons (Fsp3) is 0.368. The summed E-state index contributed by atoms with van der Waals surface area (Å²) in [4.78, 5) is 9.04. The molecule has 0 atom stereocenters. The molecule has 3 aromatic rings. The number of pyridine rings is 2. The number of hydrogen-bond acceptors (Lipinski definition) is 6. The highest BCUT2D eigenvalue weighted by atomic mass is 16.5. The van der Waals surface area contributed by atoms with Gasteiger partial charge in [-0.1, -0.05) is 0 Å². The predicted molar refractivity (Wildman–Crippen MR) is 104 cm³/mol. The van der Waals surface area contributed by atoms with Gasteiger partial charge in [-0.15, -0.1) is 0 Å². The van der Waals surface area contributed by atoms with Gasteiger partial charge in [0, 0.05) is 43.2 Å². The van der Waals surface area contributed by atoms with Gasteiger partial charge in [0.05, 0.1) is 42.7 Å². The van der Waals surface area contributed by atoms with Gasteiger partial charge < -0.3 is 25.1 Å². The summed E-state index contributed by atoms with van der Waals surface area (Å²) in [5.41, 5.74) is 11.8. The molecule has 0 spiro atoms. The van der Waals surface area contributed by atoms with Gasteiger partial charge in [-0.2, -0.15) is 0 Å². The first-order valence-corrected chi connectivity index (χ1v) is 8.52. The van der Waals surface area contributed by atoms with E-state index in [1.165, 1.54) is 0 Å². The average Bonchev–Trinajstić information content (AvgIpc) is 3.00. The number of methoxy groups -OCH3 is 2. The lowest BCUT2D eigenvalue weighted by molar-refractivity contribution is 0.211. The molecule has 0 saturated heterocycles. The second kappa shape index (κ2) is 7.61. The molecule has 3 N–H and O–H groups in total. The van der Waals surface area contributed by atoms with Crippen molar-refractivity contribution in [3.8, 4) is 5.75 Å². The molecule has 0 aliphatic carbocycles. The van der Waals surface area contributed by atoms with Crippen molar-refractivity contribution in [2.45, 2.75) is 20.4 Å². The van der Waals surface area contributed by atoms with Crippen LogP contribution in [0.15, 0.2) is 24.5 Å². The van der Waals surface area contributed by atoms with Gasteiger partial charge in [0.1, 0.15) is 11.6 Å². The molecule has 7 nitrogen and oxygen atoms in total. The van der Waals surface area contributed by atoms with E-state index in [1.807, 2.05) is 38.4 Å². The lowest BCUT2D eigenvalue weighted by atomic mass is 10.1. The SMILES string of the molecule is COCCNc1cc(N)nc2ccn(Cc3ncc(C)c(OC)c3C)c12. The zero-order valence-corrected chi connectivity index (χ0v) is 15.7. The lowest BCUT2D eigenvalue weighted by Gasteiger charge is -2.15. The number of nitrogen functional groups attached to an aromatic ring is 1. The molecular formula is C19H25N5O2. The van der Waals surface area contributed by atoms with Crippen molar-refractivity contribution < 1.29 is 9.47 Å². The van der Waals surface area contributed by atoms with Gasteiger partial charge >= 0.3 is 0 Å². The van der Waals surface area contributed by atoms with Crippen LogP contribution < -0.4 is 15.8 Å². The minimum atomic E-state index is 0.487. The molecule has 3 aromatic heterocycles. The van der Waals surface area contributed by atoms with Gasteiger partial charge in [0.25, 0.3) is 0 Å². The van der Waals surface area contributed by atoms with E-state index in [0.29, 0.717) is 25.5 Å². The Kier molecular flexibility index (Phi) is 5.27. The van der Waals surface area contributed by atoms with Crippen LogP contribution in [-0.4, -0.2) is 41.9 Å². The first kappa shape index (κ1) is 18.0. The van der Waals surface area contributed by atoms with Crippen molar-refractivity contribution in [2.24, 2.45) is 0 Å². The molecule has 0 fully saturated rings. The van der Waals surface area contributed by atoms with Crippen molar-refractivity contribution in [1.29, 1.82) is 0 Å². The smallest absolute Gasteiger partial charge is 0.128 e. The van der Waals surface area contributed by atoms with Crippen LogP contribution in [0.25, 0.3) is 11.0 Å². The molecule has 0 amide bonds. The number of nitrogens with two attached hydrogens (primary N) is 1. The van der Waals surface area contributed by atoms with Crippen molar-refractivity contribution >= 4 is 22.5 Å². The Bertz CT molecular complexity index is 920. The molecule has 0 unspecified atom stereocenters. The maximum atomic E-state index is 5.95. The van der Waals surface area contributed by atoms with Crippen LogP contribution in [0.4, 0.5) is 11.5 Å². The summed E-state index contributed by atoms with van der Waals surface area (Å²) < 4.78 is 12.8. The summed E-state index contributed by atoms with van der Waals surface area (Å²) in [5.74, 6) is 1.37. The van der Waals surface area contributed by atoms with Crippen LogP contribution in [0.3, 0.4) is 0 Å². The molecule has 26 heavy (non-hydrogen) atoms. The summed E-state index contributed by atoms with van der Waals surface area (Å²) in [5, 5.41) is 3.38. The van der Waals surface area contributed by atoms with Gasteiger partial charge in [-0.25, -0.2) is 4.98 Å². The number of hydrogen-bond donors (Lipinski definition) is 2. The van der Waals surface area contributed by atoms with E-state index in [-0.39, 0.29) is 0 Å². The molecule has 0 aliphatic heterocycles. The van der Waals surface area contributed by atoms with Crippen molar-refractivity contribution in [1.82, 2.24) is 14.5 Å². The van der Waals surface area contributed by atoms with E-state index in [0.717, 1.165) is 39.3 Å². The molecule has 0 radical (unpaired) electrons. The van der Waals surface area contributed by atoms with Crippen LogP contribution in [-0.2, 0) is 11.3 Å². The number of rotatable bonds is 7. The maximum absolute atomic E-state index is 5.95. The van der Waals surface area contributed by atoms with E-state index in [1.54, 1.807) is 14.2 Å². The molecule has 0 bridgehead atoms. The summed E-state index contributed by atoms with van der Waals surface area (Å²) in [6.07, 6.45) is 3.85. The maximum Gasteiger partial charge on any atom is 0.128 e. The standard InChI is InChI=1S/C19H25N5O2/c1-12-10-22-16(13(2)19(12)26-4)11-24-7-5-14-18(24)15(9-17(20)23-14)21-6-8-25-3/h5,7,9-10H,6,8,11H2,1-4H3,(H3,20,21,23). The van der Waals surface area contributed by atoms with Crippen LogP contribution in [0.2, 0.25) is 0 Å². The van der Waals surface area contributed by atoms with Gasteiger partial charge in [0.15, 0.2) is 0 Å². The minimum absolute atomic E-state index is 0.487. The van der Waals surface area contributed by atoms with Gasteiger partial charge in [-0.05, 0) is 19.9 Å². The molecular weight excluding hydrogens is 330 g/mol. The third-order valence-corrected chi connectivity index (χ3v) is 4.43. The van der Waals surface area contributed by atoms with E-state index < -0.39 is 0 Å². The Morgan fingerprint density at radius 2 is 2.08 bits per heavy atom. The zero-order valence-electron chi connectivity index (χ0n) is 15.7. The van der Waals surface area contributed by atoms with Crippen LogP contribution in [0.5, 0.6) is 5.75 Å². The van der Waals surface area contributed by atoms with Gasteiger partial charge in [-0.3, -0.25) is 4.98 Å². The Morgan fingerprint density at radius 1 is 1.27 bits per heavy atom. The highest BCUT2D eigenvalue weighted by molar-refractivity contribution is 5.90. The van der Waals surface area contributed by atoms with Crippen LogP contribution in [0, 0.1) is 13.8 Å². The number of aryl methyl sites for hydroxylation is 1. The minimum Gasteiger partial charge on any atom is -0.496 e. The van der Waals surface area contributed by atoms with Crippen LogP contribution >= 0.6 is 0 Å². The fourth-order valence-corrected chi connectivity index (χ4v) is 3.18. The molecule has 3 heterocycles. The molecule has 0 aromatic carbocycles. The summed E-state index contributed by atoms with van der Waals surface area (Å²) >= 11 is 0. The third-order valence-electron chi connectivity index (χ3n) is 4.43. The number of ether oxygens (including phenoxy) is 2. The fourth-order valence-electron chi connectivity index (χ4n) is 3.18. The van der Waals surface area contributed by atoms with E-state index >= 15 is 0 Å². The van der Waals surface area contributed by atoms with Gasteiger partial charge in [0.2, 0.25) is 0 Å². The highest BCUT2D eigenvalue weighted by Crippen LogP contribution is 2.28. The monoisotopic (exact) mass is 355 g/mol. The second-order valence-corrected chi connectivity index (χ2v) is 6.24. The van der Waals surface area contributed by atoms with E-state index in [4.69, 9.17) is 15.2 Å². The lowest BCUT2D eigenvalue weighted by Crippen LogP contribution is -2.11. The highest BCUT2D eigenvalue weighted by Gasteiger charge is 2.14. The summed E-state index contributed by atoms with van der Waals surface area (Å²) in [7, 11) is 3.37. The zero-order chi connectivity index (χ0) is 18.7. The predicted octanol–water partition coefficient (Wildman–Crippen LogP) is 2.75. The number of fused-ring (bicyclic) bond motifs is 1. The van der Waals surface area contributed by atoms with Crippen LogP contribution in [0.1, 0.15) is 16.8 Å². The van der Waals surface area contributed by atoms with Crippen molar-refractivity contribution in [2.75, 3.05) is 38.4 Å². The molecule has 7 heteroatoms.